The minimum absolute atomic E-state index is 0.0191. The number of pyridine rings is 1. The second-order valence-electron chi connectivity index (χ2n) is 3.56. The first kappa shape index (κ1) is 12.9. The van der Waals surface area contributed by atoms with Crippen LogP contribution in [0.1, 0.15) is 19.0 Å². The number of nitrogens with zero attached hydrogens (tertiary/aromatic N) is 2. The molecule has 1 heterocycles. The molecule has 0 aliphatic rings. The molecule has 0 saturated heterocycles. The molecule has 0 saturated carbocycles. The van der Waals surface area contributed by atoms with Gasteiger partial charge in [-0.15, -0.1) is 0 Å². The van der Waals surface area contributed by atoms with Gasteiger partial charge < -0.3 is 20.0 Å². The van der Waals surface area contributed by atoms with Crippen LogP contribution in [-0.4, -0.2) is 27.1 Å². The van der Waals surface area contributed by atoms with Crippen molar-refractivity contribution in [2.24, 2.45) is 0 Å². The van der Waals surface area contributed by atoms with Gasteiger partial charge in [0.05, 0.1) is 6.42 Å². The Kier molecular flexibility index (Phi) is 3.97. The van der Waals surface area contributed by atoms with Crippen LogP contribution in [0.25, 0.3) is 0 Å². The van der Waals surface area contributed by atoms with Crippen LogP contribution in [0.3, 0.4) is 0 Å². The van der Waals surface area contributed by atoms with Gasteiger partial charge in [-0.25, -0.2) is 0 Å². The topological polar surface area (TPSA) is 103 Å². The van der Waals surface area contributed by atoms with E-state index in [4.69, 9.17) is 9.84 Å². The molecule has 0 bridgehead atoms. The van der Waals surface area contributed by atoms with Crippen LogP contribution in [0.4, 0.5) is 5.82 Å². The van der Waals surface area contributed by atoms with Crippen molar-refractivity contribution in [3.05, 3.63) is 27.9 Å². The normalized spacial score (nSPS) is 11.9. The summed E-state index contributed by atoms with van der Waals surface area (Å²) in [4.78, 5) is 24.2. The van der Waals surface area contributed by atoms with Gasteiger partial charge >= 0.3 is 11.8 Å². The number of ether oxygens (including phenoxy) is 1. The molecule has 0 unspecified atom stereocenters. The standard InChI is InChI=1S/C10H12N2O5/c1-6-3-4-8(10(11-6)12(15)16)17-7(2)5-9(13)14/h3-4,7H,5H2,1-2H3,(H,13,14)/t7-/m0/s1. The molecule has 7 heteroatoms. The average molecular weight is 240 g/mol. The van der Waals surface area contributed by atoms with E-state index in [1.54, 1.807) is 13.0 Å². The number of rotatable bonds is 5. The lowest BCUT2D eigenvalue weighted by Gasteiger charge is -2.12. The fourth-order valence-electron chi connectivity index (χ4n) is 1.26. The highest BCUT2D eigenvalue weighted by molar-refractivity contribution is 5.67. The molecule has 0 aliphatic heterocycles. The van der Waals surface area contributed by atoms with E-state index >= 15 is 0 Å². The van der Waals surface area contributed by atoms with Gasteiger partial charge in [0.2, 0.25) is 5.75 Å². The Hall–Kier alpha value is -2.18. The molecule has 0 radical (unpaired) electrons. The van der Waals surface area contributed by atoms with E-state index < -0.39 is 22.8 Å². The maximum Gasteiger partial charge on any atom is 0.406 e. The predicted octanol–water partition coefficient (Wildman–Crippen LogP) is 1.54. The Morgan fingerprint density at radius 2 is 2.29 bits per heavy atom. The van der Waals surface area contributed by atoms with E-state index in [1.807, 2.05) is 0 Å². The van der Waals surface area contributed by atoms with Gasteiger partial charge in [0.1, 0.15) is 11.8 Å². The first-order valence-electron chi connectivity index (χ1n) is 4.90. The highest BCUT2D eigenvalue weighted by Gasteiger charge is 2.20. The molecule has 1 N–H and O–H groups in total. The first-order valence-corrected chi connectivity index (χ1v) is 4.90. The Bertz CT molecular complexity index is 446. The summed E-state index contributed by atoms with van der Waals surface area (Å²) in [6.45, 7) is 3.15. The van der Waals surface area contributed by atoms with Crippen LogP contribution in [0.5, 0.6) is 5.75 Å². The van der Waals surface area contributed by atoms with Crippen LogP contribution < -0.4 is 4.74 Å². The maximum atomic E-state index is 10.7. The van der Waals surface area contributed by atoms with Gasteiger partial charge in [-0.2, -0.15) is 0 Å². The van der Waals surface area contributed by atoms with Gasteiger partial charge in [0, 0.05) is 6.92 Å². The lowest BCUT2D eigenvalue weighted by Crippen LogP contribution is -2.17. The molecule has 0 aliphatic carbocycles. The van der Waals surface area contributed by atoms with Crippen molar-refractivity contribution in [3.63, 3.8) is 0 Å². The number of carboxylic acid groups (broad SMARTS) is 1. The van der Waals surface area contributed by atoms with Crippen LogP contribution in [0.2, 0.25) is 0 Å². The van der Waals surface area contributed by atoms with E-state index in [0.29, 0.717) is 5.69 Å². The molecule has 0 fully saturated rings. The largest absolute Gasteiger partial charge is 0.482 e. The van der Waals surface area contributed by atoms with Crippen LogP contribution in [0.15, 0.2) is 12.1 Å². The number of nitro groups is 1. The quantitative estimate of drug-likeness (QED) is 0.618. The van der Waals surface area contributed by atoms with Crippen LogP contribution in [-0.2, 0) is 4.79 Å². The number of carbonyl (C=O) groups is 1. The van der Waals surface area contributed by atoms with Crippen LogP contribution in [0, 0.1) is 17.0 Å². The molecule has 7 nitrogen and oxygen atoms in total. The van der Waals surface area contributed by atoms with Crippen molar-refractivity contribution in [3.8, 4) is 5.75 Å². The maximum absolute atomic E-state index is 10.7. The van der Waals surface area contributed by atoms with Gasteiger partial charge in [-0.3, -0.25) is 4.79 Å². The van der Waals surface area contributed by atoms with Crippen molar-refractivity contribution >= 4 is 11.8 Å². The van der Waals surface area contributed by atoms with E-state index in [-0.39, 0.29) is 12.2 Å². The molecular formula is C10H12N2O5. The number of aryl methyl sites for hydroxylation is 1. The van der Waals surface area contributed by atoms with Crippen molar-refractivity contribution in [1.29, 1.82) is 0 Å². The van der Waals surface area contributed by atoms with Crippen molar-refractivity contribution in [1.82, 2.24) is 4.98 Å². The third-order valence-corrected chi connectivity index (χ3v) is 1.94. The van der Waals surface area contributed by atoms with E-state index in [9.17, 15) is 14.9 Å². The molecule has 17 heavy (non-hydrogen) atoms. The Morgan fingerprint density at radius 3 is 2.82 bits per heavy atom. The summed E-state index contributed by atoms with van der Waals surface area (Å²) >= 11 is 0. The minimum Gasteiger partial charge on any atom is -0.482 e. The zero-order chi connectivity index (χ0) is 13.0. The molecule has 0 amide bonds. The van der Waals surface area contributed by atoms with E-state index in [2.05, 4.69) is 4.98 Å². The van der Waals surface area contributed by atoms with Crippen molar-refractivity contribution in [2.75, 3.05) is 0 Å². The summed E-state index contributed by atoms with van der Waals surface area (Å²) in [5, 5.41) is 19.3. The van der Waals surface area contributed by atoms with Gasteiger partial charge in [0.25, 0.3) is 0 Å². The molecule has 1 aromatic heterocycles. The van der Waals surface area contributed by atoms with Gasteiger partial charge in [0.15, 0.2) is 0 Å². The molecule has 0 spiro atoms. The summed E-state index contributed by atoms with van der Waals surface area (Å²) in [6.07, 6.45) is -0.888. The minimum atomic E-state index is -1.03. The van der Waals surface area contributed by atoms with Crippen molar-refractivity contribution < 1.29 is 19.6 Å². The predicted molar refractivity (Wildman–Crippen MR) is 58.0 cm³/mol. The molecular weight excluding hydrogens is 228 g/mol. The second-order valence-corrected chi connectivity index (χ2v) is 3.56. The lowest BCUT2D eigenvalue weighted by molar-refractivity contribution is -0.390. The number of hydrogen-bond donors (Lipinski definition) is 1. The van der Waals surface area contributed by atoms with Crippen LogP contribution >= 0.6 is 0 Å². The highest BCUT2D eigenvalue weighted by Crippen LogP contribution is 2.25. The third kappa shape index (κ3) is 3.71. The number of aliphatic carboxylic acids is 1. The zero-order valence-electron chi connectivity index (χ0n) is 9.41. The van der Waals surface area contributed by atoms with Gasteiger partial charge in [-0.1, -0.05) is 0 Å². The molecule has 1 atom stereocenters. The zero-order valence-corrected chi connectivity index (χ0v) is 9.41. The second kappa shape index (κ2) is 5.24. The van der Waals surface area contributed by atoms with Crippen molar-refractivity contribution in [2.45, 2.75) is 26.4 Å². The Balaban J connectivity index is 2.90. The highest BCUT2D eigenvalue weighted by atomic mass is 16.6. The first-order chi connectivity index (χ1) is 7.90. The smallest absolute Gasteiger partial charge is 0.406 e. The number of carboxylic acids is 1. The Labute approximate surface area is 97.2 Å². The fourth-order valence-corrected chi connectivity index (χ4v) is 1.26. The summed E-state index contributed by atoms with van der Waals surface area (Å²) in [6, 6.07) is 2.98. The Morgan fingerprint density at radius 1 is 1.65 bits per heavy atom. The van der Waals surface area contributed by atoms with Gasteiger partial charge in [-0.05, 0) is 29.0 Å². The summed E-state index contributed by atoms with van der Waals surface area (Å²) in [5.74, 6) is -1.45. The number of aromatic nitrogens is 1. The molecule has 1 rings (SSSR count). The lowest BCUT2D eigenvalue weighted by atomic mass is 10.3. The molecule has 0 aromatic carbocycles. The summed E-state index contributed by atoms with van der Waals surface area (Å²) < 4.78 is 5.19. The summed E-state index contributed by atoms with van der Waals surface area (Å²) in [5.41, 5.74) is 0.495. The number of hydrogen-bond acceptors (Lipinski definition) is 5. The van der Waals surface area contributed by atoms with E-state index in [0.717, 1.165) is 0 Å². The SMILES string of the molecule is Cc1ccc(O[C@@H](C)CC(=O)O)c([N+](=O)[O-])n1. The fraction of sp³-hybridized carbons (Fsp3) is 0.400. The average Bonchev–Trinajstić information content (AvgIpc) is 2.19. The summed E-state index contributed by atoms with van der Waals surface area (Å²) in [7, 11) is 0. The monoisotopic (exact) mass is 240 g/mol. The van der Waals surface area contributed by atoms with E-state index in [1.165, 1.54) is 13.0 Å². The third-order valence-electron chi connectivity index (χ3n) is 1.94. The molecule has 92 valence electrons. The molecule has 1 aromatic rings.